The molecule has 0 saturated carbocycles. The van der Waals surface area contributed by atoms with Crippen molar-refractivity contribution in [2.75, 3.05) is 13.6 Å². The van der Waals surface area contributed by atoms with Crippen molar-refractivity contribution in [1.29, 1.82) is 0 Å². The van der Waals surface area contributed by atoms with Crippen LogP contribution in [0.15, 0.2) is 71.5 Å². The molecule has 2 aromatic carbocycles. The molecule has 0 aliphatic rings. The highest BCUT2D eigenvalue weighted by Crippen LogP contribution is 2.24. The summed E-state index contributed by atoms with van der Waals surface area (Å²) in [4.78, 5) is 30.6. The van der Waals surface area contributed by atoms with Crippen LogP contribution in [0.4, 0.5) is 0 Å². The molecule has 1 aromatic heterocycles. The van der Waals surface area contributed by atoms with Gasteiger partial charge in [0.2, 0.25) is 0 Å². The van der Waals surface area contributed by atoms with Crippen LogP contribution in [0.5, 0.6) is 0 Å². The van der Waals surface area contributed by atoms with Crippen molar-refractivity contribution in [3.8, 4) is 0 Å². The molecule has 0 bridgehead atoms. The summed E-state index contributed by atoms with van der Waals surface area (Å²) in [5, 5.41) is 3.62. The molecule has 6 heteroatoms. The fraction of sp³-hybridized carbons (Fsp3) is 0.280. The van der Waals surface area contributed by atoms with Crippen LogP contribution >= 0.6 is 11.6 Å². The van der Waals surface area contributed by atoms with Gasteiger partial charge in [-0.05, 0) is 55.4 Å². The Bertz CT molecular complexity index is 1050. The van der Waals surface area contributed by atoms with Crippen LogP contribution in [0.25, 0.3) is 0 Å². The Hall–Kier alpha value is -2.89. The van der Waals surface area contributed by atoms with Gasteiger partial charge in [-0.25, -0.2) is 0 Å². The van der Waals surface area contributed by atoms with E-state index in [0.717, 1.165) is 36.2 Å². The lowest BCUT2D eigenvalue weighted by atomic mass is 9.98. The van der Waals surface area contributed by atoms with E-state index < -0.39 is 11.9 Å². The minimum Gasteiger partial charge on any atom is -0.341 e. The van der Waals surface area contributed by atoms with Crippen molar-refractivity contribution in [2.45, 2.75) is 32.4 Å². The molecule has 0 aliphatic carbocycles. The van der Waals surface area contributed by atoms with E-state index >= 15 is 0 Å². The Kier molecular flexibility index (Phi) is 8.04. The molecule has 0 unspecified atom stereocenters. The van der Waals surface area contributed by atoms with E-state index in [1.165, 1.54) is 0 Å². The average molecular weight is 438 g/mol. The molecule has 3 rings (SSSR count). The van der Waals surface area contributed by atoms with Gasteiger partial charge in [0, 0.05) is 17.3 Å². The van der Waals surface area contributed by atoms with Gasteiger partial charge in [-0.15, -0.1) is 0 Å². The van der Waals surface area contributed by atoms with Crippen LogP contribution in [0.1, 0.15) is 53.0 Å². The van der Waals surface area contributed by atoms with Gasteiger partial charge in [0.05, 0.1) is 6.04 Å². The van der Waals surface area contributed by atoms with Crippen LogP contribution < -0.4 is 10.9 Å². The highest BCUT2D eigenvalue weighted by Gasteiger charge is 2.20. The van der Waals surface area contributed by atoms with E-state index in [2.05, 4.69) is 22.1 Å². The second-order valence-corrected chi connectivity index (χ2v) is 8.12. The number of pyridine rings is 1. The predicted molar refractivity (Wildman–Crippen MR) is 126 cm³/mol. The Labute approximate surface area is 188 Å². The number of H-pyrrole nitrogens is 1. The summed E-state index contributed by atoms with van der Waals surface area (Å²) >= 11 is 6.03. The number of nitrogens with one attached hydrogen (secondary N) is 2. The van der Waals surface area contributed by atoms with Gasteiger partial charge in [0.15, 0.2) is 0 Å². The van der Waals surface area contributed by atoms with Gasteiger partial charge in [-0.1, -0.05) is 67.4 Å². The smallest absolute Gasteiger partial charge is 0.261 e. The first-order valence-electron chi connectivity index (χ1n) is 10.5. The van der Waals surface area contributed by atoms with E-state index in [1.54, 1.807) is 24.3 Å². The van der Waals surface area contributed by atoms with Crippen LogP contribution in [-0.4, -0.2) is 29.4 Å². The summed E-state index contributed by atoms with van der Waals surface area (Å²) in [5.41, 5.74) is 2.30. The SMILES string of the molecule is CCCCN(C)Cc1ccc(C(=O)N[C@H](c2ccccc2)c2ccc(Cl)cc2)c(=O)[nH]1. The number of aromatic nitrogens is 1. The van der Waals surface area contributed by atoms with Crippen molar-refractivity contribution in [3.05, 3.63) is 104 Å². The van der Waals surface area contributed by atoms with Crippen molar-refractivity contribution < 1.29 is 4.79 Å². The van der Waals surface area contributed by atoms with Gasteiger partial charge < -0.3 is 15.2 Å². The lowest BCUT2D eigenvalue weighted by molar-refractivity contribution is 0.0941. The third-order valence-electron chi connectivity index (χ3n) is 5.16. The van der Waals surface area contributed by atoms with Crippen molar-refractivity contribution in [2.24, 2.45) is 0 Å². The van der Waals surface area contributed by atoms with E-state index in [-0.39, 0.29) is 11.1 Å². The fourth-order valence-corrected chi connectivity index (χ4v) is 3.58. The number of carbonyl (C=O) groups is 1. The summed E-state index contributed by atoms with van der Waals surface area (Å²) in [5.74, 6) is -0.420. The Morgan fingerprint density at radius 2 is 1.71 bits per heavy atom. The molecule has 1 amide bonds. The number of unbranched alkanes of at least 4 members (excludes halogenated alkanes) is 1. The number of rotatable bonds is 9. The first kappa shape index (κ1) is 22.8. The highest BCUT2D eigenvalue weighted by molar-refractivity contribution is 6.30. The minimum atomic E-state index is -0.420. The molecular formula is C25H28ClN3O2. The standard InChI is InChI=1S/C25H28ClN3O2/c1-3-4-16-29(2)17-21-14-15-22(24(30)27-21)25(31)28-23(18-8-6-5-7-9-18)19-10-12-20(26)13-11-19/h5-15,23H,3-4,16-17H2,1-2H3,(H,27,30)(H,28,31)/t23-/m1/s1. The van der Waals surface area contributed by atoms with Crippen molar-refractivity contribution >= 4 is 17.5 Å². The largest absolute Gasteiger partial charge is 0.341 e. The molecule has 0 fully saturated rings. The van der Waals surface area contributed by atoms with Crippen LogP contribution in [0, 0.1) is 0 Å². The second kappa shape index (κ2) is 10.9. The molecule has 2 N–H and O–H groups in total. The number of nitrogens with zero attached hydrogens (tertiary/aromatic N) is 1. The Morgan fingerprint density at radius 3 is 2.35 bits per heavy atom. The van der Waals surface area contributed by atoms with Crippen LogP contribution in [0.3, 0.4) is 0 Å². The molecule has 1 atom stereocenters. The van der Waals surface area contributed by atoms with E-state index in [1.807, 2.05) is 49.5 Å². The maximum Gasteiger partial charge on any atom is 0.261 e. The van der Waals surface area contributed by atoms with Gasteiger partial charge in [-0.3, -0.25) is 9.59 Å². The maximum atomic E-state index is 13.0. The first-order valence-corrected chi connectivity index (χ1v) is 10.9. The second-order valence-electron chi connectivity index (χ2n) is 7.69. The van der Waals surface area contributed by atoms with Crippen LogP contribution in [0.2, 0.25) is 5.02 Å². The van der Waals surface area contributed by atoms with Gasteiger partial charge in [0.1, 0.15) is 5.56 Å². The first-order chi connectivity index (χ1) is 15.0. The molecule has 3 aromatic rings. The molecule has 0 aliphatic heterocycles. The minimum absolute atomic E-state index is 0.0925. The number of amides is 1. The zero-order chi connectivity index (χ0) is 22.2. The zero-order valence-corrected chi connectivity index (χ0v) is 18.7. The third kappa shape index (κ3) is 6.29. The summed E-state index contributed by atoms with van der Waals surface area (Å²) in [6, 6.07) is 20.0. The van der Waals surface area contributed by atoms with E-state index in [0.29, 0.717) is 11.6 Å². The van der Waals surface area contributed by atoms with Gasteiger partial charge in [0.25, 0.3) is 11.5 Å². The average Bonchev–Trinajstić information content (AvgIpc) is 2.77. The monoisotopic (exact) mass is 437 g/mol. The van der Waals surface area contributed by atoms with E-state index in [9.17, 15) is 9.59 Å². The molecule has 5 nitrogen and oxygen atoms in total. The fourth-order valence-electron chi connectivity index (χ4n) is 3.45. The Balaban J connectivity index is 1.80. The lowest BCUT2D eigenvalue weighted by Gasteiger charge is -2.20. The number of hydrogen-bond donors (Lipinski definition) is 2. The predicted octanol–water partition coefficient (Wildman–Crippen LogP) is 4.78. The normalized spacial score (nSPS) is 12.0. The molecule has 1 heterocycles. The van der Waals surface area contributed by atoms with Crippen LogP contribution in [-0.2, 0) is 6.54 Å². The quantitative estimate of drug-likeness (QED) is 0.506. The summed E-state index contributed by atoms with van der Waals surface area (Å²) in [6.07, 6.45) is 2.23. The molecule has 0 spiro atoms. The molecule has 0 radical (unpaired) electrons. The molecule has 162 valence electrons. The zero-order valence-electron chi connectivity index (χ0n) is 17.9. The molecule has 31 heavy (non-hydrogen) atoms. The maximum absolute atomic E-state index is 13.0. The Morgan fingerprint density at radius 1 is 1.03 bits per heavy atom. The summed E-state index contributed by atoms with van der Waals surface area (Å²) in [6.45, 7) is 3.74. The number of aromatic amines is 1. The number of hydrogen-bond acceptors (Lipinski definition) is 3. The van der Waals surface area contributed by atoms with Crippen molar-refractivity contribution in [1.82, 2.24) is 15.2 Å². The highest BCUT2D eigenvalue weighted by atomic mass is 35.5. The summed E-state index contributed by atoms with van der Waals surface area (Å²) in [7, 11) is 2.02. The van der Waals surface area contributed by atoms with Gasteiger partial charge in [-0.2, -0.15) is 0 Å². The number of carbonyl (C=O) groups excluding carboxylic acids is 1. The lowest BCUT2D eigenvalue weighted by Crippen LogP contribution is -2.34. The van der Waals surface area contributed by atoms with E-state index in [4.69, 9.17) is 11.6 Å². The number of halogens is 1. The van der Waals surface area contributed by atoms with Crippen molar-refractivity contribution in [3.63, 3.8) is 0 Å². The summed E-state index contributed by atoms with van der Waals surface area (Å²) < 4.78 is 0. The topological polar surface area (TPSA) is 65.2 Å². The third-order valence-corrected chi connectivity index (χ3v) is 5.41. The molecular weight excluding hydrogens is 410 g/mol. The number of benzene rings is 2. The molecule has 0 saturated heterocycles. The van der Waals surface area contributed by atoms with Gasteiger partial charge >= 0.3 is 0 Å².